The Hall–Kier alpha value is -2.79. The van der Waals surface area contributed by atoms with Crippen molar-refractivity contribution < 1.29 is 9.47 Å². The first-order valence-electron chi connectivity index (χ1n) is 7.69. The van der Waals surface area contributed by atoms with Crippen molar-refractivity contribution in [2.24, 2.45) is 5.73 Å². The van der Waals surface area contributed by atoms with Gasteiger partial charge in [0.1, 0.15) is 18.4 Å². The molecule has 0 aliphatic heterocycles. The van der Waals surface area contributed by atoms with Crippen molar-refractivity contribution in [3.8, 4) is 34.6 Å². The van der Waals surface area contributed by atoms with E-state index in [0.717, 1.165) is 22.7 Å². The molecule has 27 heavy (non-hydrogen) atoms. The Morgan fingerprint density at radius 3 is 2.44 bits per heavy atom. The van der Waals surface area contributed by atoms with Crippen molar-refractivity contribution in [3.63, 3.8) is 0 Å². The van der Waals surface area contributed by atoms with Crippen LogP contribution in [0.1, 0.15) is 5.69 Å². The molecule has 0 unspecified atom stereocenters. The van der Waals surface area contributed by atoms with Gasteiger partial charge in [-0.2, -0.15) is 10.4 Å². The zero-order valence-electron chi connectivity index (χ0n) is 14.5. The average molecular weight is 408 g/mol. The number of nitriles is 1. The predicted molar refractivity (Wildman–Crippen MR) is 107 cm³/mol. The van der Waals surface area contributed by atoms with E-state index < -0.39 is 0 Å². The minimum absolute atomic E-state index is 0. The summed E-state index contributed by atoms with van der Waals surface area (Å²) in [5.41, 5.74) is 8.20. The molecule has 9 heteroatoms. The lowest BCUT2D eigenvalue weighted by Gasteiger charge is -2.09. The monoisotopic (exact) mass is 407 g/mol. The summed E-state index contributed by atoms with van der Waals surface area (Å²) >= 11 is 0. The molecule has 0 radical (unpaired) electrons. The highest BCUT2D eigenvalue weighted by Gasteiger charge is 2.12. The van der Waals surface area contributed by atoms with Crippen LogP contribution in [0.3, 0.4) is 0 Å². The summed E-state index contributed by atoms with van der Waals surface area (Å²) < 4.78 is 12.2. The molecule has 0 aliphatic carbocycles. The Balaban J connectivity index is 0.00000182. The lowest BCUT2D eigenvalue weighted by molar-refractivity contribution is 0.328. The molecule has 142 valence electrons. The van der Waals surface area contributed by atoms with Gasteiger partial charge < -0.3 is 15.2 Å². The molecule has 0 fully saturated rings. The lowest BCUT2D eigenvalue weighted by Crippen LogP contribution is -2.10. The van der Waals surface area contributed by atoms with Gasteiger partial charge in [-0.25, -0.2) is 9.67 Å². The van der Waals surface area contributed by atoms with E-state index in [2.05, 4.69) is 16.2 Å². The molecule has 0 saturated heterocycles. The van der Waals surface area contributed by atoms with E-state index in [1.807, 2.05) is 30.3 Å². The van der Waals surface area contributed by atoms with Gasteiger partial charge >= 0.3 is 0 Å². The summed E-state index contributed by atoms with van der Waals surface area (Å²) in [6.07, 6.45) is 1.65. The molecule has 7 nitrogen and oxygen atoms in total. The predicted octanol–water partition coefficient (Wildman–Crippen LogP) is 3.00. The van der Waals surface area contributed by atoms with Crippen molar-refractivity contribution in [2.45, 2.75) is 0 Å². The average Bonchev–Trinajstić information content (AvgIpc) is 3.11. The van der Waals surface area contributed by atoms with Gasteiger partial charge in [0.2, 0.25) is 5.88 Å². The number of hydrogen-bond donors (Lipinski definition) is 1. The molecular weight excluding hydrogens is 389 g/mol. The van der Waals surface area contributed by atoms with Gasteiger partial charge in [0.25, 0.3) is 0 Å². The van der Waals surface area contributed by atoms with Crippen LogP contribution < -0.4 is 15.2 Å². The number of benzene rings is 1. The van der Waals surface area contributed by atoms with E-state index in [1.54, 1.807) is 30.1 Å². The highest BCUT2D eigenvalue weighted by Crippen LogP contribution is 2.26. The van der Waals surface area contributed by atoms with E-state index in [1.165, 1.54) is 0 Å². The highest BCUT2D eigenvalue weighted by atomic mass is 35.5. The van der Waals surface area contributed by atoms with Gasteiger partial charge in [-0.3, -0.25) is 0 Å². The van der Waals surface area contributed by atoms with Crippen LogP contribution in [0.15, 0.2) is 48.7 Å². The molecule has 3 rings (SSSR count). The van der Waals surface area contributed by atoms with Crippen molar-refractivity contribution >= 4 is 24.8 Å². The number of methoxy groups -OCH3 is 1. The Labute approximate surface area is 169 Å². The molecule has 2 N–H and O–H groups in total. The van der Waals surface area contributed by atoms with Crippen molar-refractivity contribution in [1.29, 1.82) is 5.26 Å². The van der Waals surface area contributed by atoms with E-state index in [-0.39, 0.29) is 24.8 Å². The number of aromatic nitrogens is 3. The SMILES string of the molecule is COc1ccc(-n2nc(C#N)cc2-c2ccc(OCCN)cc2)cn1.Cl.Cl. The maximum Gasteiger partial charge on any atom is 0.213 e. The number of nitrogens with zero attached hydrogens (tertiary/aromatic N) is 4. The van der Waals surface area contributed by atoms with Gasteiger partial charge in [-0.1, -0.05) is 0 Å². The second-order valence-electron chi connectivity index (χ2n) is 5.16. The molecule has 0 amide bonds. The minimum atomic E-state index is 0. The van der Waals surface area contributed by atoms with Crippen molar-refractivity contribution in [1.82, 2.24) is 14.8 Å². The molecule has 2 aromatic heterocycles. The summed E-state index contributed by atoms with van der Waals surface area (Å²) in [5, 5.41) is 13.5. The molecule has 0 atom stereocenters. The van der Waals surface area contributed by atoms with Crippen LogP contribution in [0.4, 0.5) is 0 Å². The minimum Gasteiger partial charge on any atom is -0.492 e. The largest absolute Gasteiger partial charge is 0.492 e. The first-order chi connectivity index (χ1) is 12.2. The van der Waals surface area contributed by atoms with Crippen LogP contribution >= 0.6 is 24.8 Å². The Morgan fingerprint density at radius 1 is 1.15 bits per heavy atom. The van der Waals surface area contributed by atoms with Gasteiger partial charge in [-0.15, -0.1) is 24.8 Å². The maximum absolute atomic E-state index is 9.20. The number of rotatable bonds is 6. The van der Waals surface area contributed by atoms with Gasteiger partial charge in [0.05, 0.1) is 24.7 Å². The van der Waals surface area contributed by atoms with Gasteiger partial charge in [0.15, 0.2) is 5.69 Å². The van der Waals surface area contributed by atoms with Crippen LogP contribution in [0.5, 0.6) is 11.6 Å². The maximum atomic E-state index is 9.20. The Morgan fingerprint density at radius 2 is 1.89 bits per heavy atom. The summed E-state index contributed by atoms with van der Waals surface area (Å²) in [6, 6.07) is 14.9. The fourth-order valence-electron chi connectivity index (χ4n) is 2.36. The van der Waals surface area contributed by atoms with Gasteiger partial charge in [-0.05, 0) is 30.3 Å². The third-order valence-corrected chi connectivity index (χ3v) is 3.54. The zero-order valence-corrected chi connectivity index (χ0v) is 16.2. The lowest BCUT2D eigenvalue weighted by atomic mass is 10.1. The highest BCUT2D eigenvalue weighted by molar-refractivity contribution is 5.85. The molecule has 0 saturated carbocycles. The summed E-state index contributed by atoms with van der Waals surface area (Å²) in [5.74, 6) is 1.26. The smallest absolute Gasteiger partial charge is 0.213 e. The normalized spacial score (nSPS) is 9.52. The van der Waals surface area contributed by atoms with Gasteiger partial charge in [0, 0.05) is 24.2 Å². The van der Waals surface area contributed by atoms with Crippen molar-refractivity contribution in [3.05, 3.63) is 54.4 Å². The second kappa shape index (κ2) is 10.4. The Bertz CT molecular complexity index is 890. The third-order valence-electron chi connectivity index (χ3n) is 3.54. The number of nitrogens with two attached hydrogens (primary N) is 1. The van der Waals surface area contributed by atoms with E-state index in [9.17, 15) is 5.26 Å². The fourth-order valence-corrected chi connectivity index (χ4v) is 2.36. The van der Waals surface area contributed by atoms with Crippen LogP contribution in [-0.2, 0) is 0 Å². The summed E-state index contributed by atoms with van der Waals surface area (Å²) in [6.45, 7) is 0.928. The van der Waals surface area contributed by atoms with Crippen molar-refractivity contribution in [2.75, 3.05) is 20.3 Å². The first-order valence-corrected chi connectivity index (χ1v) is 7.69. The second-order valence-corrected chi connectivity index (χ2v) is 5.16. The molecular formula is C18H19Cl2N5O2. The molecule has 0 spiro atoms. The number of hydrogen-bond acceptors (Lipinski definition) is 6. The topological polar surface area (TPSA) is 99.0 Å². The van der Waals surface area contributed by atoms with E-state index in [4.69, 9.17) is 15.2 Å². The molecule has 1 aromatic carbocycles. The van der Waals surface area contributed by atoms with Crippen LogP contribution in [0.2, 0.25) is 0 Å². The zero-order chi connectivity index (χ0) is 17.6. The van der Waals surface area contributed by atoms with Crippen LogP contribution in [0.25, 0.3) is 16.9 Å². The van der Waals surface area contributed by atoms with Crippen LogP contribution in [-0.4, -0.2) is 35.0 Å². The number of halogens is 2. The number of pyridine rings is 1. The van der Waals surface area contributed by atoms with E-state index in [0.29, 0.717) is 24.7 Å². The third kappa shape index (κ3) is 5.11. The molecule has 3 aromatic rings. The summed E-state index contributed by atoms with van der Waals surface area (Å²) in [7, 11) is 1.56. The standard InChI is InChI=1S/C18H17N5O2.2ClH/c1-24-18-7-4-15(12-21-18)23-17(10-14(11-20)22-23)13-2-5-16(6-3-13)25-9-8-19;;/h2-7,10,12H,8-9,19H2,1H3;2*1H. The van der Waals surface area contributed by atoms with Crippen LogP contribution in [0, 0.1) is 11.3 Å². The summed E-state index contributed by atoms with van der Waals surface area (Å²) in [4.78, 5) is 4.19. The quantitative estimate of drug-likeness (QED) is 0.673. The molecule has 2 heterocycles. The first kappa shape index (κ1) is 22.3. The molecule has 0 bridgehead atoms. The Kier molecular flexibility index (Phi) is 8.56. The van der Waals surface area contributed by atoms with E-state index >= 15 is 0 Å². The number of ether oxygens (including phenoxy) is 2. The fraction of sp³-hybridized carbons (Fsp3) is 0.167. The molecule has 0 aliphatic rings.